The molecule has 0 spiro atoms. The minimum absolute atomic E-state index is 0.659. The standard InChI is InChI=1S/C14H10N4S/c1-18-8-12(7-16-18)14-17-13(9-19-14)11-4-2-10(6-15)3-5-11/h2-5,7-9H,1H3. The Bertz CT molecular complexity index is 746. The molecule has 0 fully saturated rings. The summed E-state index contributed by atoms with van der Waals surface area (Å²) in [5.74, 6) is 0. The first-order valence-corrected chi connectivity index (χ1v) is 6.59. The molecule has 0 unspecified atom stereocenters. The van der Waals surface area contributed by atoms with E-state index < -0.39 is 0 Å². The van der Waals surface area contributed by atoms with E-state index in [9.17, 15) is 0 Å². The topological polar surface area (TPSA) is 54.5 Å². The number of hydrogen-bond acceptors (Lipinski definition) is 4. The molecular formula is C14H10N4S. The van der Waals surface area contributed by atoms with Crippen molar-refractivity contribution in [3.8, 4) is 27.9 Å². The SMILES string of the molecule is Cn1cc(-c2nc(-c3ccc(C#N)cc3)cs2)cn1. The molecule has 0 aliphatic heterocycles. The lowest BCUT2D eigenvalue weighted by Crippen LogP contribution is -1.84. The van der Waals surface area contributed by atoms with Crippen LogP contribution in [0.5, 0.6) is 0 Å². The van der Waals surface area contributed by atoms with Crippen LogP contribution in [0.1, 0.15) is 5.56 Å². The number of rotatable bonds is 2. The minimum atomic E-state index is 0.659. The predicted octanol–water partition coefficient (Wildman–Crippen LogP) is 3.08. The highest BCUT2D eigenvalue weighted by Crippen LogP contribution is 2.28. The number of aryl methyl sites for hydroxylation is 1. The Morgan fingerprint density at radius 3 is 2.63 bits per heavy atom. The average Bonchev–Trinajstić information content (AvgIpc) is 3.07. The quantitative estimate of drug-likeness (QED) is 0.716. The zero-order valence-electron chi connectivity index (χ0n) is 10.2. The average molecular weight is 266 g/mol. The predicted molar refractivity (Wildman–Crippen MR) is 74.5 cm³/mol. The second-order valence-corrected chi connectivity index (χ2v) is 4.99. The summed E-state index contributed by atoms with van der Waals surface area (Å²) < 4.78 is 1.76. The minimum Gasteiger partial charge on any atom is -0.275 e. The molecule has 2 aromatic heterocycles. The van der Waals surface area contributed by atoms with E-state index in [0.717, 1.165) is 21.8 Å². The van der Waals surface area contributed by atoms with Crippen LogP contribution in [0.2, 0.25) is 0 Å². The molecule has 0 saturated heterocycles. The Morgan fingerprint density at radius 1 is 1.21 bits per heavy atom. The van der Waals surface area contributed by atoms with E-state index in [4.69, 9.17) is 5.26 Å². The molecule has 0 N–H and O–H groups in total. The number of aromatic nitrogens is 3. The highest BCUT2D eigenvalue weighted by molar-refractivity contribution is 7.13. The molecule has 0 atom stereocenters. The van der Waals surface area contributed by atoms with Crippen molar-refractivity contribution < 1.29 is 0 Å². The molecule has 19 heavy (non-hydrogen) atoms. The first-order chi connectivity index (χ1) is 9.26. The van der Waals surface area contributed by atoms with Crippen LogP contribution in [0, 0.1) is 11.3 Å². The highest BCUT2D eigenvalue weighted by Gasteiger charge is 2.08. The van der Waals surface area contributed by atoms with Crippen molar-refractivity contribution in [2.24, 2.45) is 7.05 Å². The lowest BCUT2D eigenvalue weighted by Gasteiger charge is -1.95. The largest absolute Gasteiger partial charge is 0.275 e. The van der Waals surface area contributed by atoms with Crippen molar-refractivity contribution in [2.75, 3.05) is 0 Å². The van der Waals surface area contributed by atoms with Crippen LogP contribution in [-0.4, -0.2) is 14.8 Å². The monoisotopic (exact) mass is 266 g/mol. The summed E-state index contributed by atoms with van der Waals surface area (Å²) in [4.78, 5) is 4.60. The van der Waals surface area contributed by atoms with Crippen molar-refractivity contribution in [2.45, 2.75) is 0 Å². The van der Waals surface area contributed by atoms with Crippen molar-refractivity contribution in [1.29, 1.82) is 5.26 Å². The van der Waals surface area contributed by atoms with Crippen LogP contribution in [-0.2, 0) is 7.05 Å². The number of thiazole rings is 1. The van der Waals surface area contributed by atoms with Gasteiger partial charge in [0, 0.05) is 29.8 Å². The van der Waals surface area contributed by atoms with Crippen LogP contribution in [0.3, 0.4) is 0 Å². The van der Waals surface area contributed by atoms with Gasteiger partial charge in [0.25, 0.3) is 0 Å². The van der Waals surface area contributed by atoms with Crippen molar-refractivity contribution in [3.63, 3.8) is 0 Å². The molecule has 0 aliphatic carbocycles. The van der Waals surface area contributed by atoms with Gasteiger partial charge in [-0.25, -0.2) is 4.98 Å². The molecule has 0 amide bonds. The number of benzene rings is 1. The number of nitriles is 1. The van der Waals surface area contributed by atoms with Crippen LogP contribution >= 0.6 is 11.3 Å². The Balaban J connectivity index is 1.94. The first kappa shape index (κ1) is 11.6. The molecule has 3 rings (SSSR count). The summed E-state index contributed by atoms with van der Waals surface area (Å²) in [7, 11) is 1.89. The van der Waals surface area contributed by atoms with Crippen LogP contribution in [0.4, 0.5) is 0 Å². The summed E-state index contributed by atoms with van der Waals surface area (Å²) in [6.07, 6.45) is 3.75. The maximum absolute atomic E-state index is 8.78. The summed E-state index contributed by atoms with van der Waals surface area (Å²) in [6, 6.07) is 9.55. The zero-order chi connectivity index (χ0) is 13.2. The summed E-state index contributed by atoms with van der Waals surface area (Å²) in [6.45, 7) is 0. The summed E-state index contributed by atoms with van der Waals surface area (Å²) in [5, 5.41) is 15.9. The smallest absolute Gasteiger partial charge is 0.127 e. The van der Waals surface area contributed by atoms with Crippen LogP contribution in [0.25, 0.3) is 21.8 Å². The molecule has 0 radical (unpaired) electrons. The fourth-order valence-electron chi connectivity index (χ4n) is 1.79. The van der Waals surface area contributed by atoms with Gasteiger partial charge in [0.15, 0.2) is 0 Å². The molecule has 0 saturated carbocycles. The second-order valence-electron chi connectivity index (χ2n) is 4.13. The maximum Gasteiger partial charge on any atom is 0.127 e. The van der Waals surface area contributed by atoms with E-state index in [1.165, 1.54) is 0 Å². The van der Waals surface area contributed by atoms with Gasteiger partial charge in [-0.1, -0.05) is 12.1 Å². The van der Waals surface area contributed by atoms with E-state index in [1.807, 2.05) is 30.8 Å². The Morgan fingerprint density at radius 2 is 2.00 bits per heavy atom. The Hall–Kier alpha value is -2.45. The van der Waals surface area contributed by atoms with Gasteiger partial charge in [0.2, 0.25) is 0 Å². The number of hydrogen-bond donors (Lipinski definition) is 0. The Labute approximate surface area is 114 Å². The molecule has 4 nitrogen and oxygen atoms in total. The molecular weight excluding hydrogens is 256 g/mol. The second kappa shape index (κ2) is 4.67. The summed E-state index contributed by atoms with van der Waals surface area (Å²) >= 11 is 1.59. The van der Waals surface area contributed by atoms with Gasteiger partial charge >= 0.3 is 0 Å². The third-order valence-corrected chi connectivity index (χ3v) is 3.66. The van der Waals surface area contributed by atoms with E-state index in [0.29, 0.717) is 5.56 Å². The maximum atomic E-state index is 8.78. The molecule has 5 heteroatoms. The van der Waals surface area contributed by atoms with E-state index >= 15 is 0 Å². The van der Waals surface area contributed by atoms with Gasteiger partial charge in [0.05, 0.1) is 23.5 Å². The lowest BCUT2D eigenvalue weighted by atomic mass is 10.1. The molecule has 1 aromatic carbocycles. The molecule has 0 aliphatic rings. The first-order valence-electron chi connectivity index (χ1n) is 5.71. The normalized spacial score (nSPS) is 10.3. The van der Waals surface area contributed by atoms with E-state index in [2.05, 4.69) is 16.2 Å². The third-order valence-electron chi connectivity index (χ3n) is 2.77. The molecule has 92 valence electrons. The van der Waals surface area contributed by atoms with Gasteiger partial charge in [-0.2, -0.15) is 10.4 Å². The van der Waals surface area contributed by atoms with Crippen molar-refractivity contribution in [3.05, 3.63) is 47.6 Å². The van der Waals surface area contributed by atoms with Crippen molar-refractivity contribution >= 4 is 11.3 Å². The van der Waals surface area contributed by atoms with Crippen LogP contribution < -0.4 is 0 Å². The zero-order valence-corrected chi connectivity index (χ0v) is 11.1. The third kappa shape index (κ3) is 2.26. The van der Waals surface area contributed by atoms with Crippen LogP contribution in [0.15, 0.2) is 42.0 Å². The number of nitrogens with zero attached hydrogens (tertiary/aromatic N) is 4. The van der Waals surface area contributed by atoms with Crippen molar-refractivity contribution in [1.82, 2.24) is 14.8 Å². The fourth-order valence-corrected chi connectivity index (χ4v) is 2.59. The summed E-state index contributed by atoms with van der Waals surface area (Å²) in [5.41, 5.74) is 3.62. The van der Waals surface area contributed by atoms with Gasteiger partial charge in [-0.15, -0.1) is 11.3 Å². The van der Waals surface area contributed by atoms with E-state index in [1.54, 1.807) is 34.3 Å². The highest BCUT2D eigenvalue weighted by atomic mass is 32.1. The fraction of sp³-hybridized carbons (Fsp3) is 0.0714. The van der Waals surface area contributed by atoms with E-state index in [-0.39, 0.29) is 0 Å². The Kier molecular flexibility index (Phi) is 2.86. The van der Waals surface area contributed by atoms with Gasteiger partial charge in [-0.05, 0) is 12.1 Å². The molecule has 0 bridgehead atoms. The van der Waals surface area contributed by atoms with Gasteiger partial charge < -0.3 is 0 Å². The molecule has 2 heterocycles. The van der Waals surface area contributed by atoms with Gasteiger partial charge in [0.1, 0.15) is 5.01 Å². The lowest BCUT2D eigenvalue weighted by molar-refractivity contribution is 0.768. The van der Waals surface area contributed by atoms with Gasteiger partial charge in [-0.3, -0.25) is 4.68 Å². The molecule has 3 aromatic rings.